The van der Waals surface area contributed by atoms with Gasteiger partial charge >= 0.3 is 0 Å². The number of methoxy groups -OCH3 is 2. The van der Waals surface area contributed by atoms with Crippen molar-refractivity contribution in [2.24, 2.45) is 5.92 Å². The molecule has 8 heteroatoms. The van der Waals surface area contributed by atoms with Crippen LogP contribution in [0.4, 0.5) is 0 Å². The minimum atomic E-state index is -1.52. The zero-order valence-corrected chi connectivity index (χ0v) is 16.5. The predicted molar refractivity (Wildman–Crippen MR) is 98.6 cm³/mol. The molecule has 0 heterocycles. The van der Waals surface area contributed by atoms with E-state index < -0.39 is 11.5 Å². The topological polar surface area (TPSA) is 91.3 Å². The second-order valence-electron chi connectivity index (χ2n) is 6.21. The van der Waals surface area contributed by atoms with Gasteiger partial charge < -0.3 is 24.1 Å². The van der Waals surface area contributed by atoms with Crippen molar-refractivity contribution >= 4 is 23.7 Å². The number of carbonyl (C=O) groups is 2. The van der Waals surface area contributed by atoms with Crippen LogP contribution in [-0.4, -0.2) is 50.2 Å². The quantitative estimate of drug-likeness (QED) is 0.672. The van der Waals surface area contributed by atoms with Crippen LogP contribution >= 0.6 is 11.6 Å². The van der Waals surface area contributed by atoms with Crippen molar-refractivity contribution in [3.63, 3.8) is 0 Å². The normalized spacial score (nSPS) is 22.1. The monoisotopic (exact) mass is 398 g/mol. The molecule has 0 spiro atoms. The van der Waals surface area contributed by atoms with Crippen molar-refractivity contribution in [3.8, 4) is 17.2 Å². The lowest BCUT2D eigenvalue weighted by atomic mass is 9.79. The highest BCUT2D eigenvalue weighted by atomic mass is 35.5. The van der Waals surface area contributed by atoms with Gasteiger partial charge in [0.2, 0.25) is 5.60 Å². The summed E-state index contributed by atoms with van der Waals surface area (Å²) in [5.74, 6) is 0.335. The molecule has 148 valence electrons. The summed E-state index contributed by atoms with van der Waals surface area (Å²) in [5.41, 5.74) is -0.961. The van der Waals surface area contributed by atoms with Gasteiger partial charge in [0.1, 0.15) is 23.1 Å². The van der Waals surface area contributed by atoms with Crippen molar-refractivity contribution in [2.45, 2.75) is 25.9 Å². The number of allylic oxidation sites excluding steroid dienone is 1. The van der Waals surface area contributed by atoms with Crippen LogP contribution in [0.2, 0.25) is 5.02 Å². The molecule has 1 N–H and O–H groups in total. The van der Waals surface area contributed by atoms with E-state index in [0.29, 0.717) is 17.6 Å². The van der Waals surface area contributed by atoms with Crippen molar-refractivity contribution in [2.75, 3.05) is 27.4 Å². The van der Waals surface area contributed by atoms with Crippen LogP contribution in [0, 0.1) is 12.8 Å². The molecule has 1 aromatic carbocycles. The molecule has 27 heavy (non-hydrogen) atoms. The van der Waals surface area contributed by atoms with Crippen LogP contribution in [0.1, 0.15) is 18.9 Å². The maximum atomic E-state index is 12.1. The molecule has 0 unspecified atom stereocenters. The Morgan fingerprint density at radius 1 is 1.33 bits per heavy atom. The van der Waals surface area contributed by atoms with Gasteiger partial charge in [-0.3, -0.25) is 9.59 Å². The Hall–Kier alpha value is -2.25. The van der Waals surface area contributed by atoms with E-state index in [1.807, 2.05) is 0 Å². The average molecular weight is 399 g/mol. The van der Waals surface area contributed by atoms with Crippen molar-refractivity contribution in [1.82, 2.24) is 0 Å². The number of ether oxygens (including phenoxy) is 4. The van der Waals surface area contributed by atoms with Gasteiger partial charge in [0.05, 0.1) is 20.8 Å². The first-order valence-electron chi connectivity index (χ1n) is 8.39. The van der Waals surface area contributed by atoms with Crippen LogP contribution in [0.3, 0.4) is 0 Å². The van der Waals surface area contributed by atoms with Gasteiger partial charge in [-0.2, -0.15) is 0 Å². The van der Waals surface area contributed by atoms with Crippen LogP contribution in [0.15, 0.2) is 17.9 Å². The number of aliphatic hydroxyl groups excluding tert-OH is 1. The molecule has 0 saturated heterocycles. The largest absolute Gasteiger partial charge is 0.496 e. The second-order valence-corrected chi connectivity index (χ2v) is 6.59. The first kappa shape index (κ1) is 21.1. The maximum Gasteiger partial charge on any atom is 0.223 e. The Bertz CT molecular complexity index is 759. The zero-order valence-electron chi connectivity index (χ0n) is 15.7. The molecule has 0 bridgehead atoms. The highest BCUT2D eigenvalue weighted by molar-refractivity contribution is 6.33. The summed E-state index contributed by atoms with van der Waals surface area (Å²) < 4.78 is 22.2. The smallest absolute Gasteiger partial charge is 0.223 e. The van der Waals surface area contributed by atoms with Gasteiger partial charge in [0.25, 0.3) is 0 Å². The predicted octanol–water partition coefficient (Wildman–Crippen LogP) is 2.48. The fraction of sp³-hybridized carbons (Fsp3) is 0.474. The Kier molecular flexibility index (Phi) is 6.73. The lowest BCUT2D eigenvalue weighted by Gasteiger charge is -2.38. The van der Waals surface area contributed by atoms with E-state index >= 15 is 0 Å². The maximum absolute atomic E-state index is 12.1. The third kappa shape index (κ3) is 3.89. The third-order valence-corrected chi connectivity index (χ3v) is 4.90. The molecule has 0 radical (unpaired) electrons. The summed E-state index contributed by atoms with van der Waals surface area (Å²) in [6.45, 7) is 3.28. The van der Waals surface area contributed by atoms with E-state index in [2.05, 4.69) is 0 Å². The standard InChI is InChI=1S/C19H23ClO7/c1-11-7-13(23)8-16(25-4)19(11,10-22)27-18-12(2)14(24-3)9-15(17(18)20)26-6-5-21/h8-11,21H,5-7H2,1-4H3/t11-,19+/m1/s1. The SMILES string of the molecule is COC1=CC(=O)C[C@@H](C)[C@]1(C=O)Oc1c(C)c(OC)cc(OCCO)c1Cl. The van der Waals surface area contributed by atoms with E-state index in [1.54, 1.807) is 19.9 Å². The minimum absolute atomic E-state index is 0.0261. The average Bonchev–Trinajstić information content (AvgIpc) is 2.65. The zero-order chi connectivity index (χ0) is 20.2. The molecule has 1 aliphatic carbocycles. The van der Waals surface area contributed by atoms with Crippen molar-refractivity contribution in [1.29, 1.82) is 0 Å². The lowest BCUT2D eigenvalue weighted by Crippen LogP contribution is -2.50. The van der Waals surface area contributed by atoms with Crippen molar-refractivity contribution < 1.29 is 33.6 Å². The summed E-state index contributed by atoms with van der Waals surface area (Å²) in [6.07, 6.45) is 2.00. The molecule has 0 saturated carbocycles. The molecular formula is C19H23ClO7. The second kappa shape index (κ2) is 8.63. The third-order valence-electron chi connectivity index (χ3n) is 4.54. The number of carbonyl (C=O) groups excluding carboxylic acids is 2. The summed E-state index contributed by atoms with van der Waals surface area (Å²) in [4.78, 5) is 24.0. The van der Waals surface area contributed by atoms with E-state index in [9.17, 15) is 9.59 Å². The molecule has 7 nitrogen and oxygen atoms in total. The Balaban J connectivity index is 2.61. The summed E-state index contributed by atoms with van der Waals surface area (Å²) in [6, 6.07) is 1.58. The van der Waals surface area contributed by atoms with Crippen LogP contribution < -0.4 is 14.2 Å². The number of halogens is 1. The van der Waals surface area contributed by atoms with Crippen molar-refractivity contribution in [3.05, 3.63) is 28.5 Å². The fourth-order valence-electron chi connectivity index (χ4n) is 3.02. The lowest BCUT2D eigenvalue weighted by molar-refractivity contribution is -0.130. The Morgan fingerprint density at radius 2 is 2.04 bits per heavy atom. The molecule has 0 aliphatic heterocycles. The summed E-state index contributed by atoms with van der Waals surface area (Å²) >= 11 is 6.45. The number of aldehydes is 1. The summed E-state index contributed by atoms with van der Waals surface area (Å²) in [5, 5.41) is 9.13. The molecule has 2 atom stereocenters. The van der Waals surface area contributed by atoms with Gasteiger partial charge in [-0.1, -0.05) is 18.5 Å². The minimum Gasteiger partial charge on any atom is -0.496 e. The number of benzene rings is 1. The number of hydrogen-bond donors (Lipinski definition) is 1. The van der Waals surface area contributed by atoms with E-state index in [4.69, 9.17) is 35.7 Å². The number of aliphatic hydroxyl groups is 1. The van der Waals surface area contributed by atoms with Gasteiger partial charge in [-0.15, -0.1) is 0 Å². The molecule has 0 amide bonds. The fourth-order valence-corrected chi connectivity index (χ4v) is 3.31. The first-order chi connectivity index (χ1) is 12.8. The molecule has 2 rings (SSSR count). The van der Waals surface area contributed by atoms with E-state index in [1.165, 1.54) is 20.3 Å². The molecule has 0 aromatic heterocycles. The van der Waals surface area contributed by atoms with Crippen LogP contribution in [0.5, 0.6) is 17.2 Å². The van der Waals surface area contributed by atoms with E-state index in [0.717, 1.165) is 0 Å². The highest BCUT2D eigenvalue weighted by Gasteiger charge is 2.48. The van der Waals surface area contributed by atoms with Crippen LogP contribution in [0.25, 0.3) is 0 Å². The number of ketones is 1. The first-order valence-corrected chi connectivity index (χ1v) is 8.77. The van der Waals surface area contributed by atoms with E-state index in [-0.39, 0.29) is 47.7 Å². The van der Waals surface area contributed by atoms with Gasteiger partial charge in [-0.25, -0.2) is 0 Å². The Morgan fingerprint density at radius 3 is 2.59 bits per heavy atom. The van der Waals surface area contributed by atoms with Gasteiger partial charge in [-0.05, 0) is 6.92 Å². The number of rotatable bonds is 8. The van der Waals surface area contributed by atoms with Gasteiger partial charge in [0.15, 0.2) is 23.6 Å². The Labute approximate surface area is 162 Å². The highest BCUT2D eigenvalue weighted by Crippen LogP contribution is 2.46. The van der Waals surface area contributed by atoms with Gasteiger partial charge in [0, 0.05) is 30.0 Å². The summed E-state index contributed by atoms with van der Waals surface area (Å²) in [7, 11) is 2.85. The molecule has 0 fully saturated rings. The molecule has 1 aliphatic rings. The van der Waals surface area contributed by atoms with Crippen LogP contribution in [-0.2, 0) is 14.3 Å². The number of hydrogen-bond acceptors (Lipinski definition) is 7. The molecular weight excluding hydrogens is 376 g/mol. The molecule has 1 aromatic rings.